The number of anilines is 1. The molecule has 0 unspecified atom stereocenters. The maximum atomic E-state index is 11.9. The first-order valence-electron chi connectivity index (χ1n) is 8.45. The van der Waals surface area contributed by atoms with Crippen molar-refractivity contribution >= 4 is 29.3 Å². The normalized spacial score (nSPS) is 14.9. The first-order chi connectivity index (χ1) is 11.7. The highest BCUT2D eigenvalue weighted by molar-refractivity contribution is 8.00. The van der Waals surface area contributed by atoms with Gasteiger partial charge >= 0.3 is 0 Å². The van der Waals surface area contributed by atoms with E-state index in [-0.39, 0.29) is 17.6 Å². The fraction of sp³-hybridized carbons (Fsp3) is 0.556. The molecular formula is C18H26N2O3S. The lowest BCUT2D eigenvalue weighted by Crippen LogP contribution is -2.31. The molecule has 0 heterocycles. The zero-order chi connectivity index (χ0) is 17.2. The number of hydrogen-bond acceptors (Lipinski definition) is 4. The third-order valence-electron chi connectivity index (χ3n) is 4.15. The Labute approximate surface area is 147 Å². The first kappa shape index (κ1) is 18.6. The fourth-order valence-corrected chi connectivity index (χ4v) is 3.46. The van der Waals surface area contributed by atoms with E-state index in [2.05, 4.69) is 10.6 Å². The summed E-state index contributed by atoms with van der Waals surface area (Å²) in [4.78, 5) is 23.7. The third-order valence-corrected chi connectivity index (χ3v) is 5.09. The Balaban J connectivity index is 1.58. The van der Waals surface area contributed by atoms with Crippen LogP contribution in [-0.2, 0) is 9.59 Å². The van der Waals surface area contributed by atoms with Crippen molar-refractivity contribution in [1.29, 1.82) is 0 Å². The van der Waals surface area contributed by atoms with Crippen molar-refractivity contribution in [3.63, 3.8) is 0 Å². The molecule has 1 aromatic carbocycles. The summed E-state index contributed by atoms with van der Waals surface area (Å²) in [6.45, 7) is 0.775. The minimum absolute atomic E-state index is 0.0165. The molecule has 2 amide bonds. The van der Waals surface area contributed by atoms with Crippen LogP contribution in [0.4, 0.5) is 5.69 Å². The summed E-state index contributed by atoms with van der Waals surface area (Å²) in [6.07, 6.45) is 6.32. The molecule has 1 fully saturated rings. The van der Waals surface area contributed by atoms with Gasteiger partial charge in [-0.3, -0.25) is 9.59 Å². The van der Waals surface area contributed by atoms with E-state index >= 15 is 0 Å². The minimum atomic E-state index is -0.106. The van der Waals surface area contributed by atoms with Crippen LogP contribution >= 0.6 is 11.8 Å². The largest absolute Gasteiger partial charge is 0.497 e. The van der Waals surface area contributed by atoms with Crippen LogP contribution in [0.3, 0.4) is 0 Å². The molecule has 1 aliphatic rings. The zero-order valence-corrected chi connectivity index (χ0v) is 15.0. The number of ether oxygens (including phenoxy) is 1. The summed E-state index contributed by atoms with van der Waals surface area (Å²) in [7, 11) is 1.60. The maximum absolute atomic E-state index is 11.9. The molecule has 0 aliphatic heterocycles. The van der Waals surface area contributed by atoms with E-state index in [1.807, 2.05) is 0 Å². The Morgan fingerprint density at radius 3 is 2.42 bits per heavy atom. The van der Waals surface area contributed by atoms with Crippen LogP contribution in [0, 0.1) is 5.92 Å². The highest BCUT2D eigenvalue weighted by Crippen LogP contribution is 2.22. The van der Waals surface area contributed by atoms with Crippen LogP contribution in [0.25, 0.3) is 0 Å². The van der Waals surface area contributed by atoms with Gasteiger partial charge in [-0.15, -0.1) is 11.8 Å². The van der Waals surface area contributed by atoms with Crippen LogP contribution in [0.15, 0.2) is 24.3 Å². The molecule has 1 aliphatic carbocycles. The number of nitrogens with one attached hydrogen (secondary N) is 2. The summed E-state index contributed by atoms with van der Waals surface area (Å²) in [5.41, 5.74) is 0.725. The van der Waals surface area contributed by atoms with Gasteiger partial charge in [-0.2, -0.15) is 0 Å². The molecule has 0 aromatic heterocycles. The van der Waals surface area contributed by atoms with Gasteiger partial charge in [0, 0.05) is 12.2 Å². The molecule has 0 radical (unpaired) electrons. The lowest BCUT2D eigenvalue weighted by molar-refractivity contribution is -0.118. The van der Waals surface area contributed by atoms with Crippen molar-refractivity contribution in [2.24, 2.45) is 5.92 Å². The van der Waals surface area contributed by atoms with Gasteiger partial charge < -0.3 is 15.4 Å². The van der Waals surface area contributed by atoms with Gasteiger partial charge in [-0.05, 0) is 43.0 Å². The second-order valence-electron chi connectivity index (χ2n) is 6.08. The third kappa shape index (κ3) is 6.83. The quantitative estimate of drug-likeness (QED) is 0.756. The molecule has 1 saturated carbocycles. The number of methoxy groups -OCH3 is 1. The van der Waals surface area contributed by atoms with E-state index in [1.165, 1.54) is 43.9 Å². The number of carbonyl (C=O) groups excluding carboxylic acids is 2. The standard InChI is InChI=1S/C18H26N2O3S/c1-23-16-9-7-15(8-10-16)20-18(22)13-24-12-17(21)19-11-14-5-3-2-4-6-14/h7-10,14H,2-6,11-13H2,1H3,(H,19,21)(H,20,22). The van der Waals surface area contributed by atoms with E-state index in [0.29, 0.717) is 11.7 Å². The zero-order valence-electron chi connectivity index (χ0n) is 14.2. The van der Waals surface area contributed by atoms with Crippen LogP contribution in [0.5, 0.6) is 5.75 Å². The monoisotopic (exact) mass is 350 g/mol. The Hall–Kier alpha value is -1.69. The predicted octanol–water partition coefficient (Wildman–Crippen LogP) is 3.06. The topological polar surface area (TPSA) is 67.4 Å². The van der Waals surface area contributed by atoms with Gasteiger partial charge in [0.15, 0.2) is 0 Å². The minimum Gasteiger partial charge on any atom is -0.497 e. The lowest BCUT2D eigenvalue weighted by Gasteiger charge is -2.21. The molecular weight excluding hydrogens is 324 g/mol. The average molecular weight is 350 g/mol. The molecule has 24 heavy (non-hydrogen) atoms. The van der Waals surface area contributed by atoms with Crippen molar-refractivity contribution in [3.8, 4) is 5.75 Å². The highest BCUT2D eigenvalue weighted by Gasteiger charge is 2.14. The number of amides is 2. The number of benzene rings is 1. The van der Waals surface area contributed by atoms with Crippen molar-refractivity contribution < 1.29 is 14.3 Å². The SMILES string of the molecule is COc1ccc(NC(=O)CSCC(=O)NCC2CCCCC2)cc1. The second kappa shape index (κ2) is 10.2. The van der Waals surface area contributed by atoms with E-state index in [0.717, 1.165) is 18.0 Å². The van der Waals surface area contributed by atoms with Gasteiger partial charge in [-0.25, -0.2) is 0 Å². The van der Waals surface area contributed by atoms with Crippen LogP contribution in [-0.4, -0.2) is 37.0 Å². The summed E-state index contributed by atoms with van der Waals surface area (Å²) in [5, 5.41) is 5.79. The van der Waals surface area contributed by atoms with Gasteiger partial charge in [0.25, 0.3) is 0 Å². The summed E-state index contributed by atoms with van der Waals surface area (Å²) in [6, 6.07) is 7.17. The first-order valence-corrected chi connectivity index (χ1v) is 9.61. The summed E-state index contributed by atoms with van der Waals surface area (Å²) >= 11 is 1.33. The van der Waals surface area contributed by atoms with Gasteiger partial charge in [-0.1, -0.05) is 19.3 Å². The fourth-order valence-electron chi connectivity index (χ4n) is 2.81. The van der Waals surface area contributed by atoms with E-state index in [9.17, 15) is 9.59 Å². The number of hydrogen-bond donors (Lipinski definition) is 2. The van der Waals surface area contributed by atoms with Crippen LogP contribution < -0.4 is 15.4 Å². The molecule has 6 heteroatoms. The molecule has 0 spiro atoms. The molecule has 0 atom stereocenters. The van der Waals surface area contributed by atoms with Crippen molar-refractivity contribution in [1.82, 2.24) is 5.32 Å². The summed E-state index contributed by atoms with van der Waals surface area (Å²) < 4.78 is 5.07. The number of thioether (sulfide) groups is 1. The van der Waals surface area contributed by atoms with Crippen LogP contribution in [0.2, 0.25) is 0 Å². The Kier molecular flexibility index (Phi) is 7.95. The van der Waals surface area contributed by atoms with E-state index in [4.69, 9.17) is 4.74 Å². The summed E-state index contributed by atoms with van der Waals surface area (Å²) in [5.74, 6) is 1.88. The maximum Gasteiger partial charge on any atom is 0.234 e. The molecule has 5 nitrogen and oxygen atoms in total. The Bertz CT molecular complexity index is 528. The molecule has 1 aromatic rings. The molecule has 0 bridgehead atoms. The number of rotatable bonds is 8. The van der Waals surface area contributed by atoms with Crippen molar-refractivity contribution in [3.05, 3.63) is 24.3 Å². The molecule has 132 valence electrons. The molecule has 0 saturated heterocycles. The van der Waals surface area contributed by atoms with E-state index in [1.54, 1.807) is 31.4 Å². The van der Waals surface area contributed by atoms with Gasteiger partial charge in [0.1, 0.15) is 5.75 Å². The average Bonchev–Trinajstić information content (AvgIpc) is 2.61. The molecule has 2 N–H and O–H groups in total. The van der Waals surface area contributed by atoms with Crippen molar-refractivity contribution in [2.75, 3.05) is 30.5 Å². The van der Waals surface area contributed by atoms with Crippen LogP contribution in [0.1, 0.15) is 32.1 Å². The lowest BCUT2D eigenvalue weighted by atomic mass is 9.89. The van der Waals surface area contributed by atoms with Crippen molar-refractivity contribution in [2.45, 2.75) is 32.1 Å². The second-order valence-corrected chi connectivity index (χ2v) is 7.06. The Morgan fingerprint density at radius 2 is 1.75 bits per heavy atom. The highest BCUT2D eigenvalue weighted by atomic mass is 32.2. The Morgan fingerprint density at radius 1 is 1.08 bits per heavy atom. The van der Waals surface area contributed by atoms with Gasteiger partial charge in [0.2, 0.25) is 11.8 Å². The predicted molar refractivity (Wildman–Crippen MR) is 98.5 cm³/mol. The van der Waals surface area contributed by atoms with Gasteiger partial charge in [0.05, 0.1) is 18.6 Å². The smallest absolute Gasteiger partial charge is 0.234 e. The van der Waals surface area contributed by atoms with E-state index < -0.39 is 0 Å². The number of carbonyl (C=O) groups is 2. The molecule has 2 rings (SSSR count).